The molecule has 0 aromatic heterocycles. The van der Waals surface area contributed by atoms with E-state index in [0.717, 1.165) is 23.4 Å². The molecule has 4 rings (SSSR count). The zero-order valence-electron chi connectivity index (χ0n) is 22.1. The molecular formula is C28H36ClN3O5S. The molecule has 1 N–H and O–H groups in total. The van der Waals surface area contributed by atoms with Gasteiger partial charge >= 0.3 is 6.09 Å². The van der Waals surface area contributed by atoms with Gasteiger partial charge in [-0.25, -0.2) is 13.2 Å². The molecule has 1 aliphatic carbocycles. The Morgan fingerprint density at radius 1 is 1.05 bits per heavy atom. The van der Waals surface area contributed by atoms with Crippen LogP contribution in [0.2, 0.25) is 5.02 Å². The van der Waals surface area contributed by atoms with E-state index in [0.29, 0.717) is 50.3 Å². The van der Waals surface area contributed by atoms with Gasteiger partial charge in [-0.05, 0) is 87.1 Å². The minimum Gasteiger partial charge on any atom is -0.465 e. The number of carboxylic acid groups (broad SMARTS) is 1. The first-order valence-electron chi connectivity index (χ1n) is 13.1. The highest BCUT2D eigenvalue weighted by molar-refractivity contribution is 7.92. The number of benzene rings is 2. The Bertz CT molecular complexity index is 1280. The Hall–Kier alpha value is -2.62. The van der Waals surface area contributed by atoms with E-state index < -0.39 is 21.2 Å². The van der Waals surface area contributed by atoms with Gasteiger partial charge in [0.1, 0.15) is 0 Å². The summed E-state index contributed by atoms with van der Waals surface area (Å²) in [5, 5.41) is 9.31. The van der Waals surface area contributed by atoms with Crippen LogP contribution in [0.25, 0.3) is 0 Å². The molecule has 38 heavy (non-hydrogen) atoms. The number of carbonyl (C=O) groups is 2. The van der Waals surface area contributed by atoms with Gasteiger partial charge in [-0.15, -0.1) is 0 Å². The van der Waals surface area contributed by atoms with Crippen molar-refractivity contribution in [3.05, 3.63) is 58.6 Å². The Balaban J connectivity index is 1.34. The smallest absolute Gasteiger partial charge is 0.407 e. The normalized spacial score (nSPS) is 22.7. The van der Waals surface area contributed by atoms with Gasteiger partial charge in [0.05, 0.1) is 10.1 Å². The second-order valence-corrected chi connectivity index (χ2v) is 13.2. The first-order valence-corrected chi connectivity index (χ1v) is 15.0. The summed E-state index contributed by atoms with van der Waals surface area (Å²) in [6.07, 6.45) is 1.12. The monoisotopic (exact) mass is 561 g/mol. The molecule has 1 saturated carbocycles. The fourth-order valence-corrected chi connectivity index (χ4v) is 7.52. The zero-order valence-corrected chi connectivity index (χ0v) is 23.7. The Kier molecular flexibility index (Phi) is 8.69. The summed E-state index contributed by atoms with van der Waals surface area (Å²) in [7, 11) is -1.68. The summed E-state index contributed by atoms with van der Waals surface area (Å²) in [4.78, 5) is 30.3. The number of amides is 2. The standard InChI is InChI=1S/C28H36ClN3O5S/c1-19-16-24(9-4-22(19)18-31-14-15-32(28(34)35)20(2)17-31)30(3)27(33)21-5-10-25(11-6-21)38(36,37)26-12-7-23(29)8-13-26/h4,7-9,12-13,16,20-21,25H,5-6,10-11,14-15,17-18H2,1-3H3,(H,34,35)/t20-,21?,25?/m0/s1. The zero-order chi connectivity index (χ0) is 27.6. The number of halogens is 1. The van der Waals surface area contributed by atoms with Gasteiger partial charge in [-0.1, -0.05) is 17.7 Å². The lowest BCUT2D eigenvalue weighted by molar-refractivity contribution is -0.123. The van der Waals surface area contributed by atoms with Crippen LogP contribution in [0.1, 0.15) is 43.7 Å². The Morgan fingerprint density at radius 3 is 2.29 bits per heavy atom. The number of nitrogens with zero attached hydrogens (tertiary/aromatic N) is 3. The molecule has 0 bridgehead atoms. The molecule has 0 radical (unpaired) electrons. The van der Waals surface area contributed by atoms with Crippen molar-refractivity contribution in [2.24, 2.45) is 5.92 Å². The lowest BCUT2D eigenvalue weighted by atomic mass is 9.88. The molecule has 2 fully saturated rings. The molecule has 2 aromatic carbocycles. The van der Waals surface area contributed by atoms with Gasteiger partial charge in [0.25, 0.3) is 0 Å². The van der Waals surface area contributed by atoms with Crippen molar-refractivity contribution in [2.45, 2.75) is 62.3 Å². The molecule has 2 aliphatic rings. The lowest BCUT2D eigenvalue weighted by Crippen LogP contribution is -2.53. The summed E-state index contributed by atoms with van der Waals surface area (Å²) in [6.45, 7) is 6.55. The number of piperazine rings is 1. The third kappa shape index (κ3) is 6.16. The summed E-state index contributed by atoms with van der Waals surface area (Å²) in [5.74, 6) is -0.193. The lowest BCUT2D eigenvalue weighted by Gasteiger charge is -2.38. The van der Waals surface area contributed by atoms with Crippen molar-refractivity contribution in [3.63, 3.8) is 0 Å². The predicted octanol–water partition coefficient (Wildman–Crippen LogP) is 4.83. The summed E-state index contributed by atoms with van der Waals surface area (Å²) >= 11 is 5.90. The quantitative estimate of drug-likeness (QED) is 0.542. The Labute approximate surface area is 230 Å². The van der Waals surface area contributed by atoms with Crippen molar-refractivity contribution < 1.29 is 23.1 Å². The van der Waals surface area contributed by atoms with Gasteiger partial charge in [0, 0.05) is 55.9 Å². The molecular weight excluding hydrogens is 526 g/mol. The molecule has 1 saturated heterocycles. The average Bonchev–Trinajstić information content (AvgIpc) is 2.89. The van der Waals surface area contributed by atoms with Crippen LogP contribution in [0.5, 0.6) is 0 Å². The molecule has 0 unspecified atom stereocenters. The molecule has 10 heteroatoms. The number of rotatable bonds is 6. The third-order valence-electron chi connectivity index (χ3n) is 8.00. The van der Waals surface area contributed by atoms with Crippen LogP contribution in [-0.4, -0.2) is 73.3 Å². The van der Waals surface area contributed by atoms with Crippen LogP contribution in [0, 0.1) is 12.8 Å². The highest BCUT2D eigenvalue weighted by Crippen LogP contribution is 2.34. The fourth-order valence-electron chi connectivity index (χ4n) is 5.61. The molecule has 1 heterocycles. The number of carbonyl (C=O) groups excluding carboxylic acids is 1. The number of aryl methyl sites for hydroxylation is 1. The van der Waals surface area contributed by atoms with E-state index in [1.54, 1.807) is 36.2 Å². The van der Waals surface area contributed by atoms with Crippen LogP contribution < -0.4 is 4.90 Å². The largest absolute Gasteiger partial charge is 0.465 e. The van der Waals surface area contributed by atoms with E-state index in [1.165, 1.54) is 4.90 Å². The SMILES string of the molecule is Cc1cc(N(C)C(=O)C2CCC(S(=O)(=O)c3ccc(Cl)cc3)CC2)ccc1CN1CCN(C(=O)O)[C@@H](C)C1. The molecule has 0 spiro atoms. The van der Waals surface area contributed by atoms with E-state index in [9.17, 15) is 23.1 Å². The topological polar surface area (TPSA) is 98.2 Å². The molecule has 1 atom stereocenters. The van der Waals surface area contributed by atoms with E-state index in [1.807, 2.05) is 32.0 Å². The first kappa shape index (κ1) is 28.4. The number of anilines is 1. The van der Waals surface area contributed by atoms with Crippen molar-refractivity contribution in [1.82, 2.24) is 9.80 Å². The number of sulfone groups is 1. The highest BCUT2D eigenvalue weighted by atomic mass is 35.5. The van der Waals surface area contributed by atoms with Crippen molar-refractivity contribution in [3.8, 4) is 0 Å². The minimum atomic E-state index is -3.45. The van der Waals surface area contributed by atoms with Crippen LogP contribution in [-0.2, 0) is 21.2 Å². The Morgan fingerprint density at radius 2 is 1.71 bits per heavy atom. The molecule has 2 aromatic rings. The average molecular weight is 562 g/mol. The second-order valence-electron chi connectivity index (χ2n) is 10.5. The number of hydrogen-bond acceptors (Lipinski definition) is 5. The molecule has 1 aliphatic heterocycles. The summed E-state index contributed by atoms with van der Waals surface area (Å²) in [6, 6.07) is 12.2. The summed E-state index contributed by atoms with van der Waals surface area (Å²) < 4.78 is 26.1. The van der Waals surface area contributed by atoms with Gasteiger partial charge in [0.15, 0.2) is 9.84 Å². The van der Waals surface area contributed by atoms with Crippen LogP contribution in [0.3, 0.4) is 0 Å². The van der Waals surface area contributed by atoms with Gasteiger partial charge in [0.2, 0.25) is 5.91 Å². The van der Waals surface area contributed by atoms with E-state index in [2.05, 4.69) is 4.90 Å². The van der Waals surface area contributed by atoms with E-state index >= 15 is 0 Å². The third-order valence-corrected chi connectivity index (χ3v) is 10.5. The highest BCUT2D eigenvalue weighted by Gasteiger charge is 2.35. The second kappa shape index (κ2) is 11.6. The molecule has 2 amide bonds. The van der Waals surface area contributed by atoms with E-state index in [4.69, 9.17) is 11.6 Å². The van der Waals surface area contributed by atoms with Gasteiger partial charge in [-0.2, -0.15) is 0 Å². The summed E-state index contributed by atoms with van der Waals surface area (Å²) in [5.41, 5.74) is 3.04. The first-order chi connectivity index (χ1) is 18.0. The van der Waals surface area contributed by atoms with Gasteiger partial charge in [-0.3, -0.25) is 9.69 Å². The molecule has 206 valence electrons. The van der Waals surface area contributed by atoms with Crippen LogP contribution in [0.15, 0.2) is 47.4 Å². The predicted molar refractivity (Wildman–Crippen MR) is 148 cm³/mol. The van der Waals surface area contributed by atoms with Crippen molar-refractivity contribution >= 4 is 39.1 Å². The maximum absolute atomic E-state index is 13.3. The van der Waals surface area contributed by atoms with Gasteiger partial charge < -0.3 is 14.9 Å². The van der Waals surface area contributed by atoms with Crippen molar-refractivity contribution in [1.29, 1.82) is 0 Å². The molecule has 8 nitrogen and oxygen atoms in total. The maximum Gasteiger partial charge on any atom is 0.407 e. The van der Waals surface area contributed by atoms with Crippen molar-refractivity contribution in [2.75, 3.05) is 31.6 Å². The van der Waals surface area contributed by atoms with E-state index in [-0.39, 0.29) is 22.8 Å². The minimum absolute atomic E-state index is 0.0121. The number of hydrogen-bond donors (Lipinski definition) is 1. The van der Waals surface area contributed by atoms with Crippen LogP contribution in [0.4, 0.5) is 10.5 Å². The maximum atomic E-state index is 13.3. The fraction of sp³-hybridized carbons (Fsp3) is 0.500. The van der Waals surface area contributed by atoms with Crippen LogP contribution >= 0.6 is 11.6 Å².